The van der Waals surface area contributed by atoms with Crippen molar-refractivity contribution in [3.05, 3.63) is 58.2 Å². The molecule has 1 amide bonds. The number of thiophene rings is 1. The molecule has 0 fully saturated rings. The van der Waals surface area contributed by atoms with E-state index in [-0.39, 0.29) is 12.5 Å². The molecule has 0 saturated carbocycles. The topological polar surface area (TPSA) is 80.2 Å². The van der Waals surface area contributed by atoms with Crippen LogP contribution in [0, 0.1) is 0 Å². The van der Waals surface area contributed by atoms with Gasteiger partial charge in [-0.1, -0.05) is 11.6 Å². The van der Waals surface area contributed by atoms with Gasteiger partial charge in [0.15, 0.2) is 5.82 Å². The zero-order chi connectivity index (χ0) is 22.9. The Morgan fingerprint density at radius 3 is 2.94 bits per heavy atom. The van der Waals surface area contributed by atoms with Gasteiger partial charge in [-0.25, -0.2) is 9.97 Å². The predicted molar refractivity (Wildman–Crippen MR) is 133 cm³/mol. The highest BCUT2D eigenvalue weighted by Gasteiger charge is 2.25. The zero-order valence-corrected chi connectivity index (χ0v) is 19.8. The first-order valence-electron chi connectivity index (χ1n) is 10.6. The number of rotatable bonds is 6. The van der Waals surface area contributed by atoms with E-state index < -0.39 is 0 Å². The highest BCUT2D eigenvalue weighted by Crippen LogP contribution is 2.41. The van der Waals surface area contributed by atoms with E-state index in [0.29, 0.717) is 22.3 Å². The van der Waals surface area contributed by atoms with Gasteiger partial charge in [0, 0.05) is 34.9 Å². The monoisotopic (exact) mass is 479 g/mol. The Morgan fingerprint density at radius 1 is 1.27 bits per heavy atom. The average molecular weight is 480 g/mol. The largest absolute Gasteiger partial charge is 0.495 e. The first-order valence-corrected chi connectivity index (χ1v) is 11.8. The van der Waals surface area contributed by atoms with Crippen LogP contribution in [0.25, 0.3) is 21.6 Å². The molecule has 0 aliphatic heterocycles. The second kappa shape index (κ2) is 8.96. The van der Waals surface area contributed by atoms with Gasteiger partial charge in [-0.2, -0.15) is 0 Å². The van der Waals surface area contributed by atoms with Crippen LogP contribution in [0.4, 0.5) is 11.5 Å². The zero-order valence-electron chi connectivity index (χ0n) is 18.3. The molecule has 4 aromatic rings. The lowest BCUT2D eigenvalue weighted by Gasteiger charge is -2.20. The van der Waals surface area contributed by atoms with Gasteiger partial charge in [0.2, 0.25) is 5.91 Å². The highest BCUT2D eigenvalue weighted by atomic mass is 35.5. The number of halogens is 1. The Labute approximate surface area is 200 Å². The van der Waals surface area contributed by atoms with Gasteiger partial charge in [-0.05, 0) is 55.2 Å². The van der Waals surface area contributed by atoms with Crippen molar-refractivity contribution in [3.63, 3.8) is 0 Å². The lowest BCUT2D eigenvalue weighted by atomic mass is 10.1. The molecule has 1 aliphatic carbocycles. The van der Waals surface area contributed by atoms with Crippen molar-refractivity contribution in [2.75, 3.05) is 30.9 Å². The summed E-state index contributed by atoms with van der Waals surface area (Å²) in [6.45, 7) is 0.110. The molecule has 33 heavy (non-hydrogen) atoms. The molecule has 7 nitrogen and oxygen atoms in total. The van der Waals surface area contributed by atoms with Crippen molar-refractivity contribution in [2.24, 2.45) is 0 Å². The minimum atomic E-state index is -0.195. The van der Waals surface area contributed by atoms with Gasteiger partial charge in [0.25, 0.3) is 0 Å². The number of anilines is 2. The number of aromatic nitrogens is 3. The second-order valence-corrected chi connectivity index (χ2v) is 9.42. The normalized spacial score (nSPS) is 12.6. The number of ether oxygens (including phenoxy) is 1. The number of hydrogen-bond acceptors (Lipinski definition) is 7. The number of benzene rings is 1. The summed E-state index contributed by atoms with van der Waals surface area (Å²) in [6, 6.07) is 8.93. The SMILES string of the molecule is COc1ccc(Cl)cc1NC(=O)CN(C)c1nc(-c2cccnc2)nc2sc3c(c12)CCC3. The minimum absolute atomic E-state index is 0.110. The fraction of sp³-hybridized carbons (Fsp3) is 0.250. The summed E-state index contributed by atoms with van der Waals surface area (Å²) in [6.07, 6.45) is 6.70. The van der Waals surface area contributed by atoms with Crippen molar-refractivity contribution in [1.82, 2.24) is 15.0 Å². The third-order valence-corrected chi connectivity index (χ3v) is 7.06. The maximum atomic E-state index is 12.9. The number of pyridine rings is 1. The fourth-order valence-electron chi connectivity index (χ4n) is 4.13. The molecule has 0 spiro atoms. The van der Waals surface area contributed by atoms with E-state index in [4.69, 9.17) is 26.3 Å². The smallest absolute Gasteiger partial charge is 0.244 e. The van der Waals surface area contributed by atoms with Crippen LogP contribution in [0.5, 0.6) is 5.75 Å². The molecule has 0 bridgehead atoms. The summed E-state index contributed by atoms with van der Waals surface area (Å²) in [5, 5.41) is 4.47. The van der Waals surface area contributed by atoms with Crippen LogP contribution in [-0.2, 0) is 17.6 Å². The maximum absolute atomic E-state index is 12.9. The molecular weight excluding hydrogens is 458 g/mol. The number of carbonyl (C=O) groups is 1. The molecule has 0 saturated heterocycles. The van der Waals surface area contributed by atoms with Crippen molar-refractivity contribution >= 4 is 50.6 Å². The minimum Gasteiger partial charge on any atom is -0.495 e. The van der Waals surface area contributed by atoms with Crippen LogP contribution in [0.1, 0.15) is 16.9 Å². The van der Waals surface area contributed by atoms with Crippen LogP contribution in [-0.4, -0.2) is 41.6 Å². The number of amides is 1. The third-order valence-electron chi connectivity index (χ3n) is 5.64. The molecule has 1 N–H and O–H groups in total. The third kappa shape index (κ3) is 4.24. The predicted octanol–water partition coefficient (Wildman–Crippen LogP) is 4.98. The molecule has 1 aromatic carbocycles. The molecule has 168 valence electrons. The Kier molecular flexibility index (Phi) is 5.86. The lowest BCUT2D eigenvalue weighted by molar-refractivity contribution is -0.114. The second-order valence-electron chi connectivity index (χ2n) is 7.90. The summed E-state index contributed by atoms with van der Waals surface area (Å²) in [5.41, 5.74) is 2.69. The van der Waals surface area contributed by atoms with Crippen LogP contribution in [0.3, 0.4) is 0 Å². The van der Waals surface area contributed by atoms with Gasteiger partial charge in [0.05, 0.1) is 24.7 Å². The van der Waals surface area contributed by atoms with Crippen molar-refractivity contribution in [3.8, 4) is 17.1 Å². The van der Waals surface area contributed by atoms with Gasteiger partial charge >= 0.3 is 0 Å². The first-order chi connectivity index (χ1) is 16.0. The van der Waals surface area contributed by atoms with Gasteiger partial charge in [0.1, 0.15) is 16.4 Å². The molecular formula is C24H22ClN5O2S. The summed E-state index contributed by atoms with van der Waals surface area (Å²) < 4.78 is 5.34. The number of aryl methyl sites for hydroxylation is 2. The highest BCUT2D eigenvalue weighted by molar-refractivity contribution is 7.19. The van der Waals surface area contributed by atoms with E-state index in [0.717, 1.165) is 40.9 Å². The molecule has 3 heterocycles. The Morgan fingerprint density at radius 2 is 2.15 bits per heavy atom. The number of hydrogen-bond donors (Lipinski definition) is 1. The summed E-state index contributed by atoms with van der Waals surface area (Å²) in [4.78, 5) is 31.1. The van der Waals surface area contributed by atoms with E-state index in [9.17, 15) is 4.79 Å². The van der Waals surface area contributed by atoms with E-state index in [2.05, 4.69) is 10.3 Å². The van der Waals surface area contributed by atoms with E-state index in [1.54, 1.807) is 49.0 Å². The molecule has 0 radical (unpaired) electrons. The van der Waals surface area contributed by atoms with Crippen LogP contribution < -0.4 is 15.0 Å². The van der Waals surface area contributed by atoms with Crippen LogP contribution in [0.2, 0.25) is 5.02 Å². The van der Waals surface area contributed by atoms with Crippen molar-refractivity contribution < 1.29 is 9.53 Å². The van der Waals surface area contributed by atoms with Gasteiger partial charge in [-0.15, -0.1) is 11.3 Å². The quantitative estimate of drug-likeness (QED) is 0.420. The summed E-state index contributed by atoms with van der Waals surface area (Å²) in [5.74, 6) is 1.72. The number of fused-ring (bicyclic) bond motifs is 3. The Bertz CT molecular complexity index is 1340. The Balaban J connectivity index is 1.49. The number of nitrogens with zero attached hydrogens (tertiary/aromatic N) is 4. The van der Waals surface area contributed by atoms with Crippen LogP contribution in [0.15, 0.2) is 42.7 Å². The summed E-state index contributed by atoms with van der Waals surface area (Å²) in [7, 11) is 3.43. The molecule has 5 rings (SSSR count). The molecule has 0 atom stereocenters. The number of likely N-dealkylation sites (N-methyl/N-ethyl adjacent to an activating group) is 1. The van der Waals surface area contributed by atoms with Gasteiger partial charge in [-0.3, -0.25) is 9.78 Å². The molecule has 0 unspecified atom stereocenters. The molecule has 1 aliphatic rings. The van der Waals surface area contributed by atoms with E-state index in [1.807, 2.05) is 24.1 Å². The van der Waals surface area contributed by atoms with Crippen molar-refractivity contribution in [1.29, 1.82) is 0 Å². The standard InChI is InChI=1S/C24H22ClN5O2S/c1-30(13-20(31)27-17-11-15(25)8-9-18(17)32-2)23-21-16-6-3-7-19(16)33-24(21)29-22(28-23)14-5-4-10-26-12-14/h4-5,8-12H,3,6-7,13H2,1-2H3,(H,27,31). The Hall–Kier alpha value is -3.23. The van der Waals surface area contributed by atoms with Crippen molar-refractivity contribution in [2.45, 2.75) is 19.3 Å². The first kappa shape index (κ1) is 21.6. The molecule has 9 heteroatoms. The van der Waals surface area contributed by atoms with Gasteiger partial charge < -0.3 is 15.0 Å². The number of methoxy groups -OCH3 is 1. The van der Waals surface area contributed by atoms with Crippen LogP contribution >= 0.6 is 22.9 Å². The van der Waals surface area contributed by atoms with E-state index in [1.165, 1.54) is 10.4 Å². The maximum Gasteiger partial charge on any atom is 0.244 e. The lowest BCUT2D eigenvalue weighted by Crippen LogP contribution is -2.31. The fourth-order valence-corrected chi connectivity index (χ4v) is 5.56. The molecule has 3 aromatic heterocycles. The number of nitrogens with one attached hydrogen (secondary N) is 1. The average Bonchev–Trinajstić information content (AvgIpc) is 3.40. The summed E-state index contributed by atoms with van der Waals surface area (Å²) >= 11 is 7.83. The van der Waals surface area contributed by atoms with E-state index >= 15 is 0 Å². The number of carbonyl (C=O) groups excluding carboxylic acids is 1.